The highest BCUT2D eigenvalue weighted by atomic mass is 19.4. The maximum atomic E-state index is 11.9. The molecule has 1 aromatic rings. The average molecular weight is 289 g/mol. The summed E-state index contributed by atoms with van der Waals surface area (Å²) < 4.78 is 40.3. The third-order valence-corrected chi connectivity index (χ3v) is 3.53. The van der Waals surface area contributed by atoms with E-state index in [-0.39, 0.29) is 18.9 Å². The summed E-state index contributed by atoms with van der Waals surface area (Å²) in [6.45, 7) is -1.36. The van der Waals surface area contributed by atoms with E-state index in [1.807, 2.05) is 12.1 Å². The molecule has 1 heterocycles. The van der Waals surface area contributed by atoms with Gasteiger partial charge in [0.25, 0.3) is 0 Å². The van der Waals surface area contributed by atoms with Crippen LogP contribution in [0.25, 0.3) is 0 Å². The van der Waals surface area contributed by atoms with E-state index in [1.165, 1.54) is 0 Å². The zero-order valence-corrected chi connectivity index (χ0v) is 11.1. The monoisotopic (exact) mass is 289 g/mol. The molecule has 0 aliphatic heterocycles. The average Bonchev–Trinajstić information content (AvgIpc) is 2.41. The lowest BCUT2D eigenvalue weighted by atomic mass is 9.82. The third kappa shape index (κ3) is 4.18. The van der Waals surface area contributed by atoms with Crippen LogP contribution in [0.1, 0.15) is 36.4 Å². The van der Waals surface area contributed by atoms with Crippen LogP contribution in [0.3, 0.4) is 0 Å². The Hall–Kier alpha value is -1.14. The largest absolute Gasteiger partial charge is 0.411 e. The molecule has 0 fully saturated rings. The maximum Gasteiger partial charge on any atom is 0.411 e. The van der Waals surface area contributed by atoms with Crippen LogP contribution >= 0.6 is 0 Å². The summed E-state index contributed by atoms with van der Waals surface area (Å²) in [5, 5.41) is 10.1. The molecule has 3 nitrogen and oxygen atoms in total. The van der Waals surface area contributed by atoms with Crippen LogP contribution in [-0.4, -0.2) is 35.6 Å². The highest BCUT2D eigenvalue weighted by Crippen LogP contribution is 2.33. The molecular formula is C14H18F3NO2. The smallest absolute Gasteiger partial charge is 0.392 e. The molecule has 112 valence electrons. The van der Waals surface area contributed by atoms with Gasteiger partial charge in [-0.1, -0.05) is 6.07 Å². The summed E-state index contributed by atoms with van der Waals surface area (Å²) in [5.41, 5.74) is 2.00. The number of rotatable bonds is 5. The minimum Gasteiger partial charge on any atom is -0.392 e. The first-order valence-electron chi connectivity index (χ1n) is 6.74. The molecule has 0 amide bonds. The van der Waals surface area contributed by atoms with Gasteiger partial charge in [-0.3, -0.25) is 4.98 Å². The van der Waals surface area contributed by atoms with Gasteiger partial charge in [0.2, 0.25) is 0 Å². The lowest BCUT2D eigenvalue weighted by Crippen LogP contribution is -2.26. The quantitative estimate of drug-likeness (QED) is 0.848. The third-order valence-electron chi connectivity index (χ3n) is 3.53. The van der Waals surface area contributed by atoms with E-state index < -0.39 is 18.9 Å². The van der Waals surface area contributed by atoms with E-state index in [9.17, 15) is 18.3 Å². The van der Waals surface area contributed by atoms with Gasteiger partial charge in [0.05, 0.1) is 6.10 Å². The molecule has 0 aromatic carbocycles. The fourth-order valence-corrected chi connectivity index (χ4v) is 2.61. The predicted molar refractivity (Wildman–Crippen MR) is 67.4 cm³/mol. The second-order valence-electron chi connectivity index (χ2n) is 5.07. The van der Waals surface area contributed by atoms with Crippen molar-refractivity contribution in [3.63, 3.8) is 0 Å². The Morgan fingerprint density at radius 3 is 3.00 bits per heavy atom. The Bertz CT molecular complexity index is 437. The van der Waals surface area contributed by atoms with Crippen LogP contribution in [0.4, 0.5) is 13.2 Å². The van der Waals surface area contributed by atoms with Gasteiger partial charge in [0.15, 0.2) is 0 Å². The van der Waals surface area contributed by atoms with Gasteiger partial charge < -0.3 is 9.84 Å². The van der Waals surface area contributed by atoms with Crippen molar-refractivity contribution in [2.24, 2.45) is 0 Å². The number of alkyl halides is 3. The number of hydrogen-bond acceptors (Lipinski definition) is 3. The molecule has 1 N–H and O–H groups in total. The van der Waals surface area contributed by atoms with Crippen molar-refractivity contribution in [2.45, 2.75) is 43.9 Å². The van der Waals surface area contributed by atoms with Gasteiger partial charge in [0.1, 0.15) is 6.61 Å². The van der Waals surface area contributed by atoms with Crippen molar-refractivity contribution in [2.75, 3.05) is 13.2 Å². The molecule has 0 spiro atoms. The predicted octanol–water partition coefficient (Wildman–Crippen LogP) is 2.83. The summed E-state index contributed by atoms with van der Waals surface area (Å²) in [6, 6.07) is 3.85. The number of pyridine rings is 1. The minimum absolute atomic E-state index is 0.0979. The van der Waals surface area contributed by atoms with Gasteiger partial charge in [-0.25, -0.2) is 0 Å². The zero-order chi connectivity index (χ0) is 14.6. The molecule has 0 radical (unpaired) electrons. The van der Waals surface area contributed by atoms with Gasteiger partial charge in [0, 0.05) is 24.4 Å². The molecule has 2 atom stereocenters. The number of nitrogens with zero attached hydrogens (tertiary/aromatic N) is 1. The molecule has 0 saturated carbocycles. The van der Waals surface area contributed by atoms with E-state index >= 15 is 0 Å². The van der Waals surface area contributed by atoms with Crippen molar-refractivity contribution in [3.8, 4) is 0 Å². The van der Waals surface area contributed by atoms with Crippen molar-refractivity contribution in [3.05, 3.63) is 29.6 Å². The lowest BCUT2D eigenvalue weighted by Gasteiger charge is -2.28. The summed E-state index contributed by atoms with van der Waals surface area (Å²) in [7, 11) is 0. The Labute approximate surface area is 115 Å². The maximum absolute atomic E-state index is 11.9. The number of aliphatic hydroxyl groups is 1. The van der Waals surface area contributed by atoms with E-state index in [0.29, 0.717) is 0 Å². The SMILES string of the molecule is OC(CCOCC(F)(F)F)C1CCCc2cccnc21. The molecule has 2 rings (SSSR count). The molecule has 0 saturated heterocycles. The molecule has 1 aliphatic carbocycles. The molecule has 1 aromatic heterocycles. The topological polar surface area (TPSA) is 42.4 Å². The first kappa shape index (κ1) is 15.3. The van der Waals surface area contributed by atoms with Crippen molar-refractivity contribution < 1.29 is 23.0 Å². The number of aliphatic hydroxyl groups excluding tert-OH is 1. The van der Waals surface area contributed by atoms with E-state index in [2.05, 4.69) is 9.72 Å². The van der Waals surface area contributed by atoms with Gasteiger partial charge >= 0.3 is 6.18 Å². The number of ether oxygens (including phenoxy) is 1. The molecule has 2 unspecified atom stereocenters. The number of hydrogen-bond donors (Lipinski definition) is 1. The van der Waals surface area contributed by atoms with Crippen molar-refractivity contribution >= 4 is 0 Å². The van der Waals surface area contributed by atoms with Crippen LogP contribution in [0, 0.1) is 0 Å². The van der Waals surface area contributed by atoms with Crippen LogP contribution in [0.2, 0.25) is 0 Å². The van der Waals surface area contributed by atoms with Crippen LogP contribution in [0.5, 0.6) is 0 Å². The number of fused-ring (bicyclic) bond motifs is 1. The summed E-state index contributed by atoms with van der Waals surface area (Å²) in [6.07, 6.45) is -0.437. The van der Waals surface area contributed by atoms with Crippen LogP contribution in [0.15, 0.2) is 18.3 Å². The van der Waals surface area contributed by atoms with Crippen LogP contribution in [-0.2, 0) is 11.2 Å². The first-order valence-corrected chi connectivity index (χ1v) is 6.74. The van der Waals surface area contributed by atoms with Crippen molar-refractivity contribution in [1.82, 2.24) is 4.98 Å². The Kier molecular flexibility index (Phi) is 4.99. The Balaban J connectivity index is 1.86. The number of aromatic nitrogens is 1. The standard InChI is InChI=1S/C14H18F3NO2/c15-14(16,17)9-20-8-6-12(19)11-5-1-3-10-4-2-7-18-13(10)11/h2,4,7,11-12,19H,1,3,5-6,8-9H2. The van der Waals surface area contributed by atoms with E-state index in [1.54, 1.807) is 6.20 Å². The summed E-state index contributed by atoms with van der Waals surface area (Å²) in [5.74, 6) is -0.102. The van der Waals surface area contributed by atoms with E-state index in [0.717, 1.165) is 30.5 Å². The molecule has 1 aliphatic rings. The summed E-state index contributed by atoms with van der Waals surface area (Å²) in [4.78, 5) is 4.31. The fraction of sp³-hybridized carbons (Fsp3) is 0.643. The second kappa shape index (κ2) is 6.54. The molecular weight excluding hydrogens is 271 g/mol. The van der Waals surface area contributed by atoms with Crippen molar-refractivity contribution in [1.29, 1.82) is 0 Å². The van der Waals surface area contributed by atoms with Crippen LogP contribution < -0.4 is 0 Å². The highest BCUT2D eigenvalue weighted by molar-refractivity contribution is 5.26. The zero-order valence-electron chi connectivity index (χ0n) is 11.1. The molecule has 20 heavy (non-hydrogen) atoms. The molecule has 0 bridgehead atoms. The number of halogens is 3. The Morgan fingerprint density at radius 1 is 1.45 bits per heavy atom. The second-order valence-corrected chi connectivity index (χ2v) is 5.07. The highest BCUT2D eigenvalue weighted by Gasteiger charge is 2.29. The number of aryl methyl sites for hydroxylation is 1. The van der Waals surface area contributed by atoms with E-state index in [4.69, 9.17) is 0 Å². The lowest BCUT2D eigenvalue weighted by molar-refractivity contribution is -0.175. The molecule has 6 heteroatoms. The minimum atomic E-state index is -4.32. The van der Waals surface area contributed by atoms with Gasteiger partial charge in [-0.2, -0.15) is 13.2 Å². The van der Waals surface area contributed by atoms with Gasteiger partial charge in [-0.05, 0) is 37.3 Å². The van der Waals surface area contributed by atoms with Gasteiger partial charge in [-0.15, -0.1) is 0 Å². The normalized spacial score (nSPS) is 20.5. The fourth-order valence-electron chi connectivity index (χ4n) is 2.61. The summed E-state index contributed by atoms with van der Waals surface area (Å²) >= 11 is 0. The Morgan fingerprint density at radius 2 is 2.25 bits per heavy atom. The first-order chi connectivity index (χ1) is 9.47.